The number of aromatic amines is 1. The number of H-pyrrole nitrogens is 1. The summed E-state index contributed by atoms with van der Waals surface area (Å²) in [6.07, 6.45) is 5.14. The van der Waals surface area contributed by atoms with Crippen molar-refractivity contribution in [1.82, 2.24) is 9.88 Å². The largest absolute Gasteiger partial charge is 0.361 e. The van der Waals surface area contributed by atoms with Crippen LogP contribution in [0.3, 0.4) is 0 Å². The number of nitrogens with two attached hydrogens (primary N) is 1. The van der Waals surface area contributed by atoms with E-state index in [-0.39, 0.29) is 5.91 Å². The third-order valence-corrected chi connectivity index (χ3v) is 4.28. The molecular weight excluding hydrogens is 250 g/mol. The number of nitrogens with zero attached hydrogens (tertiary/aromatic N) is 1. The fraction of sp³-hybridized carbons (Fsp3) is 0.438. The zero-order valence-electron chi connectivity index (χ0n) is 11.6. The van der Waals surface area contributed by atoms with Crippen LogP contribution in [0.5, 0.6) is 0 Å². The van der Waals surface area contributed by atoms with E-state index in [0.29, 0.717) is 5.92 Å². The molecule has 106 valence electrons. The van der Waals surface area contributed by atoms with Gasteiger partial charge >= 0.3 is 0 Å². The van der Waals surface area contributed by atoms with Gasteiger partial charge in [0.25, 0.3) is 5.91 Å². The van der Waals surface area contributed by atoms with E-state index in [2.05, 4.69) is 4.98 Å². The predicted octanol–water partition coefficient (Wildman–Crippen LogP) is 2.37. The highest BCUT2D eigenvalue weighted by atomic mass is 16.2. The van der Waals surface area contributed by atoms with Crippen LogP contribution in [0.1, 0.15) is 29.6 Å². The summed E-state index contributed by atoms with van der Waals surface area (Å²) in [7, 11) is 0. The van der Waals surface area contributed by atoms with E-state index in [1.54, 1.807) is 0 Å². The lowest BCUT2D eigenvalue weighted by Gasteiger charge is -2.32. The van der Waals surface area contributed by atoms with Crippen LogP contribution in [0.15, 0.2) is 30.5 Å². The van der Waals surface area contributed by atoms with Gasteiger partial charge in [0.2, 0.25) is 0 Å². The molecule has 1 amide bonds. The van der Waals surface area contributed by atoms with Crippen molar-refractivity contribution < 1.29 is 4.79 Å². The minimum absolute atomic E-state index is 0.152. The van der Waals surface area contributed by atoms with Gasteiger partial charge in [-0.05, 0) is 56.0 Å². The number of amides is 1. The molecule has 0 bridgehead atoms. The first-order valence-electron chi connectivity index (χ1n) is 7.34. The second-order valence-electron chi connectivity index (χ2n) is 5.59. The Balaban J connectivity index is 1.69. The molecule has 3 rings (SSSR count). The highest BCUT2D eigenvalue weighted by Crippen LogP contribution is 2.22. The van der Waals surface area contributed by atoms with E-state index in [4.69, 9.17) is 5.73 Å². The molecule has 4 heteroatoms. The summed E-state index contributed by atoms with van der Waals surface area (Å²) in [6, 6.07) is 7.86. The lowest BCUT2D eigenvalue weighted by molar-refractivity contribution is 0.0688. The minimum atomic E-state index is 0.152. The summed E-state index contributed by atoms with van der Waals surface area (Å²) in [4.78, 5) is 17.6. The number of piperidine rings is 1. The average Bonchev–Trinajstić information content (AvgIpc) is 2.95. The maximum absolute atomic E-state index is 12.5. The molecule has 1 fully saturated rings. The van der Waals surface area contributed by atoms with Gasteiger partial charge in [-0.25, -0.2) is 0 Å². The van der Waals surface area contributed by atoms with Gasteiger partial charge in [-0.2, -0.15) is 0 Å². The molecule has 20 heavy (non-hydrogen) atoms. The number of hydrogen-bond acceptors (Lipinski definition) is 2. The molecule has 2 heterocycles. The number of benzene rings is 1. The van der Waals surface area contributed by atoms with Crippen molar-refractivity contribution in [2.45, 2.75) is 19.3 Å². The van der Waals surface area contributed by atoms with Crippen molar-refractivity contribution in [2.24, 2.45) is 11.7 Å². The summed E-state index contributed by atoms with van der Waals surface area (Å²) in [5, 5.41) is 1.09. The molecule has 0 spiro atoms. The number of aromatic nitrogens is 1. The number of rotatable bonds is 3. The van der Waals surface area contributed by atoms with E-state index in [0.717, 1.165) is 55.4 Å². The monoisotopic (exact) mass is 271 g/mol. The van der Waals surface area contributed by atoms with Gasteiger partial charge < -0.3 is 15.6 Å². The molecule has 0 saturated carbocycles. The molecule has 1 aliphatic heterocycles. The maximum Gasteiger partial charge on any atom is 0.253 e. The Hall–Kier alpha value is -1.81. The van der Waals surface area contributed by atoms with Crippen LogP contribution in [0, 0.1) is 5.92 Å². The van der Waals surface area contributed by atoms with Crippen LogP contribution in [-0.4, -0.2) is 35.4 Å². The van der Waals surface area contributed by atoms with Crippen molar-refractivity contribution in [1.29, 1.82) is 0 Å². The van der Waals surface area contributed by atoms with E-state index >= 15 is 0 Å². The molecule has 0 unspecified atom stereocenters. The van der Waals surface area contributed by atoms with Gasteiger partial charge in [-0.1, -0.05) is 0 Å². The van der Waals surface area contributed by atoms with E-state index in [9.17, 15) is 4.79 Å². The summed E-state index contributed by atoms with van der Waals surface area (Å²) < 4.78 is 0. The topological polar surface area (TPSA) is 62.1 Å². The Bertz CT molecular complexity index is 597. The Morgan fingerprint density at radius 3 is 2.85 bits per heavy atom. The normalized spacial score (nSPS) is 16.8. The Labute approximate surface area is 118 Å². The van der Waals surface area contributed by atoms with E-state index in [1.165, 1.54) is 0 Å². The lowest BCUT2D eigenvalue weighted by Crippen LogP contribution is -2.38. The zero-order valence-corrected chi connectivity index (χ0v) is 11.6. The molecule has 3 N–H and O–H groups in total. The van der Waals surface area contributed by atoms with Crippen LogP contribution in [0.2, 0.25) is 0 Å². The maximum atomic E-state index is 12.5. The third-order valence-electron chi connectivity index (χ3n) is 4.28. The molecule has 2 aromatic rings. The van der Waals surface area contributed by atoms with Gasteiger partial charge in [0.05, 0.1) is 0 Å². The predicted molar refractivity (Wildman–Crippen MR) is 80.6 cm³/mol. The van der Waals surface area contributed by atoms with Gasteiger partial charge in [0, 0.05) is 35.8 Å². The second kappa shape index (κ2) is 5.67. The SMILES string of the molecule is NCCC1CCN(C(=O)c2ccc3[nH]ccc3c2)CC1. The minimum Gasteiger partial charge on any atom is -0.361 e. The van der Waals surface area contributed by atoms with Crippen molar-refractivity contribution in [3.8, 4) is 0 Å². The first-order chi connectivity index (χ1) is 9.78. The highest BCUT2D eigenvalue weighted by molar-refractivity contribution is 5.98. The summed E-state index contributed by atoms with van der Waals surface area (Å²) >= 11 is 0. The van der Waals surface area contributed by atoms with Crippen LogP contribution in [-0.2, 0) is 0 Å². The zero-order chi connectivity index (χ0) is 13.9. The van der Waals surface area contributed by atoms with Gasteiger partial charge in [0.1, 0.15) is 0 Å². The van der Waals surface area contributed by atoms with Gasteiger partial charge in [-0.15, -0.1) is 0 Å². The number of carbonyl (C=O) groups excluding carboxylic acids is 1. The lowest BCUT2D eigenvalue weighted by atomic mass is 9.93. The quantitative estimate of drug-likeness (QED) is 0.900. The fourth-order valence-corrected chi connectivity index (χ4v) is 3.03. The van der Waals surface area contributed by atoms with Crippen molar-refractivity contribution in [3.63, 3.8) is 0 Å². The van der Waals surface area contributed by atoms with Gasteiger partial charge in [0.15, 0.2) is 0 Å². The molecule has 0 atom stereocenters. The third kappa shape index (κ3) is 2.56. The highest BCUT2D eigenvalue weighted by Gasteiger charge is 2.23. The number of fused-ring (bicyclic) bond motifs is 1. The number of nitrogens with one attached hydrogen (secondary N) is 1. The van der Waals surface area contributed by atoms with Crippen molar-refractivity contribution in [2.75, 3.05) is 19.6 Å². The molecule has 1 aliphatic rings. The van der Waals surface area contributed by atoms with Crippen LogP contribution in [0.25, 0.3) is 10.9 Å². The summed E-state index contributed by atoms with van der Waals surface area (Å²) in [5.41, 5.74) is 7.46. The molecular formula is C16H21N3O. The molecule has 1 saturated heterocycles. The number of carbonyl (C=O) groups is 1. The molecule has 1 aromatic carbocycles. The average molecular weight is 271 g/mol. The standard InChI is InChI=1S/C16H21N3O/c17-7-3-12-5-9-19(10-6-12)16(20)14-1-2-15-13(11-14)4-8-18-15/h1-2,4,8,11-12,18H,3,5-7,9-10,17H2. The van der Waals surface area contributed by atoms with Crippen LogP contribution >= 0.6 is 0 Å². The van der Waals surface area contributed by atoms with Crippen molar-refractivity contribution in [3.05, 3.63) is 36.0 Å². The fourth-order valence-electron chi connectivity index (χ4n) is 3.03. The van der Waals surface area contributed by atoms with Crippen molar-refractivity contribution >= 4 is 16.8 Å². The smallest absolute Gasteiger partial charge is 0.253 e. The summed E-state index contributed by atoms with van der Waals surface area (Å²) in [5.74, 6) is 0.843. The Kier molecular flexibility index (Phi) is 3.74. The summed E-state index contributed by atoms with van der Waals surface area (Å²) in [6.45, 7) is 2.46. The van der Waals surface area contributed by atoms with Crippen LogP contribution in [0.4, 0.5) is 0 Å². The Morgan fingerprint density at radius 1 is 1.30 bits per heavy atom. The number of hydrogen-bond donors (Lipinski definition) is 2. The van der Waals surface area contributed by atoms with Crippen LogP contribution < -0.4 is 5.73 Å². The first-order valence-corrected chi connectivity index (χ1v) is 7.34. The van der Waals surface area contributed by atoms with Gasteiger partial charge in [-0.3, -0.25) is 4.79 Å². The Morgan fingerprint density at radius 2 is 2.10 bits per heavy atom. The second-order valence-corrected chi connectivity index (χ2v) is 5.59. The van der Waals surface area contributed by atoms with E-state index in [1.807, 2.05) is 35.4 Å². The molecule has 1 aromatic heterocycles. The molecule has 4 nitrogen and oxygen atoms in total. The number of likely N-dealkylation sites (tertiary alicyclic amines) is 1. The molecule has 0 radical (unpaired) electrons. The van der Waals surface area contributed by atoms with E-state index < -0.39 is 0 Å². The molecule has 0 aliphatic carbocycles. The first kappa shape index (κ1) is 13.2.